The fourth-order valence-corrected chi connectivity index (χ4v) is 3.42. The molecule has 0 saturated carbocycles. The van der Waals surface area contributed by atoms with Crippen LogP contribution in [0.5, 0.6) is 11.5 Å². The third-order valence-electron chi connectivity index (χ3n) is 4.37. The topological polar surface area (TPSA) is 68.8 Å². The van der Waals surface area contributed by atoms with Crippen LogP contribution in [-0.4, -0.2) is 31.9 Å². The van der Waals surface area contributed by atoms with E-state index in [-0.39, 0.29) is 6.61 Å². The predicted octanol–water partition coefficient (Wildman–Crippen LogP) is 3.20. The van der Waals surface area contributed by atoms with Crippen molar-refractivity contribution in [2.75, 3.05) is 20.8 Å². The Balaban J connectivity index is 2.24. The molecule has 28 heavy (non-hydrogen) atoms. The molecule has 1 aliphatic rings. The van der Waals surface area contributed by atoms with E-state index in [2.05, 4.69) is 10.6 Å². The maximum absolute atomic E-state index is 13.0. The Morgan fingerprint density at radius 3 is 2.46 bits per heavy atom. The Morgan fingerprint density at radius 1 is 1.07 bits per heavy atom. The highest BCUT2D eigenvalue weighted by Crippen LogP contribution is 2.40. The van der Waals surface area contributed by atoms with E-state index in [1.807, 2.05) is 42.5 Å². The SMILES string of the molecule is CCOC(=O)C1=C(c2ccccc2)NC(=S)NC1c1cccc(OC)c1OC. The molecule has 1 heterocycles. The van der Waals surface area contributed by atoms with Crippen LogP contribution in [0.15, 0.2) is 54.1 Å². The van der Waals surface area contributed by atoms with E-state index in [0.717, 1.165) is 11.1 Å². The first-order chi connectivity index (χ1) is 13.6. The van der Waals surface area contributed by atoms with Crippen LogP contribution in [0.3, 0.4) is 0 Å². The minimum atomic E-state index is -0.562. The summed E-state index contributed by atoms with van der Waals surface area (Å²) in [6.07, 6.45) is 0. The maximum Gasteiger partial charge on any atom is 0.338 e. The van der Waals surface area contributed by atoms with Gasteiger partial charge in [-0.1, -0.05) is 42.5 Å². The lowest BCUT2D eigenvalue weighted by Crippen LogP contribution is -2.45. The summed E-state index contributed by atoms with van der Waals surface area (Å²) in [6, 6.07) is 14.5. The van der Waals surface area contributed by atoms with Gasteiger partial charge < -0.3 is 24.8 Å². The molecule has 0 radical (unpaired) electrons. The van der Waals surface area contributed by atoms with Gasteiger partial charge in [-0.25, -0.2) is 4.79 Å². The molecule has 0 aromatic heterocycles. The Bertz CT molecular complexity index is 912. The highest BCUT2D eigenvalue weighted by molar-refractivity contribution is 7.80. The Labute approximate surface area is 169 Å². The van der Waals surface area contributed by atoms with Gasteiger partial charge in [0.1, 0.15) is 0 Å². The van der Waals surface area contributed by atoms with E-state index in [4.69, 9.17) is 26.4 Å². The first kappa shape index (κ1) is 19.7. The van der Waals surface area contributed by atoms with Crippen LogP contribution in [-0.2, 0) is 9.53 Å². The van der Waals surface area contributed by atoms with Crippen molar-refractivity contribution in [1.82, 2.24) is 10.6 Å². The highest BCUT2D eigenvalue weighted by Gasteiger charge is 2.35. The number of esters is 1. The number of hydrogen-bond acceptors (Lipinski definition) is 5. The first-order valence-electron chi connectivity index (χ1n) is 8.85. The molecule has 3 rings (SSSR count). The van der Waals surface area contributed by atoms with E-state index in [1.54, 1.807) is 27.2 Å². The van der Waals surface area contributed by atoms with Gasteiger partial charge in [-0.2, -0.15) is 0 Å². The van der Waals surface area contributed by atoms with Gasteiger partial charge in [0.15, 0.2) is 16.6 Å². The number of carbonyl (C=O) groups is 1. The van der Waals surface area contributed by atoms with Gasteiger partial charge in [0, 0.05) is 5.56 Å². The molecule has 1 unspecified atom stereocenters. The van der Waals surface area contributed by atoms with Gasteiger partial charge in [-0.05, 0) is 30.8 Å². The van der Waals surface area contributed by atoms with Crippen molar-refractivity contribution < 1.29 is 19.0 Å². The molecule has 6 nitrogen and oxygen atoms in total. The molecule has 1 aliphatic heterocycles. The van der Waals surface area contributed by atoms with Gasteiger partial charge in [-0.15, -0.1) is 0 Å². The van der Waals surface area contributed by atoms with Gasteiger partial charge in [0.2, 0.25) is 0 Å². The number of hydrogen-bond donors (Lipinski definition) is 2. The second kappa shape index (κ2) is 8.75. The van der Waals surface area contributed by atoms with Crippen LogP contribution >= 0.6 is 12.2 Å². The molecule has 0 aliphatic carbocycles. The third kappa shape index (κ3) is 3.80. The van der Waals surface area contributed by atoms with Gasteiger partial charge in [-0.3, -0.25) is 0 Å². The van der Waals surface area contributed by atoms with E-state index in [9.17, 15) is 4.79 Å². The summed E-state index contributed by atoms with van der Waals surface area (Å²) < 4.78 is 16.4. The molecule has 0 spiro atoms. The zero-order chi connectivity index (χ0) is 20.1. The molecule has 1 atom stereocenters. The lowest BCUT2D eigenvalue weighted by atomic mass is 9.92. The molecule has 146 valence electrons. The molecular formula is C21H22N2O4S. The van der Waals surface area contributed by atoms with Crippen molar-refractivity contribution in [3.8, 4) is 11.5 Å². The summed E-state index contributed by atoms with van der Waals surface area (Å²) >= 11 is 5.42. The Kier molecular flexibility index (Phi) is 6.16. The van der Waals surface area contributed by atoms with Crippen molar-refractivity contribution in [3.05, 3.63) is 65.2 Å². The summed E-state index contributed by atoms with van der Waals surface area (Å²) in [4.78, 5) is 13.0. The number of para-hydroxylation sites is 1. The number of nitrogens with one attached hydrogen (secondary N) is 2. The highest BCUT2D eigenvalue weighted by atomic mass is 32.1. The monoisotopic (exact) mass is 398 g/mol. The summed E-state index contributed by atoms with van der Waals surface area (Å²) in [5, 5.41) is 6.69. The van der Waals surface area contributed by atoms with Crippen LogP contribution in [0.1, 0.15) is 24.1 Å². The van der Waals surface area contributed by atoms with Gasteiger partial charge >= 0.3 is 5.97 Å². The molecule has 0 fully saturated rings. The second-order valence-electron chi connectivity index (χ2n) is 5.99. The zero-order valence-electron chi connectivity index (χ0n) is 15.9. The van der Waals surface area contributed by atoms with E-state index >= 15 is 0 Å². The number of thiocarbonyl (C=S) groups is 1. The minimum Gasteiger partial charge on any atom is -0.493 e. The van der Waals surface area contributed by atoms with Crippen LogP contribution in [0.2, 0.25) is 0 Å². The quantitative estimate of drug-likeness (QED) is 0.572. The number of ether oxygens (including phenoxy) is 3. The average Bonchev–Trinajstić information content (AvgIpc) is 2.73. The Morgan fingerprint density at radius 2 is 1.82 bits per heavy atom. The van der Waals surface area contributed by atoms with Crippen molar-refractivity contribution in [2.45, 2.75) is 13.0 Å². The van der Waals surface area contributed by atoms with Gasteiger partial charge in [0.05, 0.1) is 38.1 Å². The number of benzene rings is 2. The normalized spacial score (nSPS) is 16.1. The molecule has 0 saturated heterocycles. The first-order valence-corrected chi connectivity index (χ1v) is 9.26. The molecule has 2 N–H and O–H groups in total. The summed E-state index contributed by atoms with van der Waals surface area (Å²) in [7, 11) is 3.13. The molecule has 2 aromatic rings. The van der Waals surface area contributed by atoms with Crippen molar-refractivity contribution in [2.24, 2.45) is 0 Å². The third-order valence-corrected chi connectivity index (χ3v) is 4.59. The molecule has 0 bridgehead atoms. The van der Waals surface area contributed by atoms with Crippen molar-refractivity contribution in [3.63, 3.8) is 0 Å². The molecular weight excluding hydrogens is 376 g/mol. The molecule has 7 heteroatoms. The lowest BCUT2D eigenvalue weighted by Gasteiger charge is -2.32. The average molecular weight is 398 g/mol. The fourth-order valence-electron chi connectivity index (χ4n) is 3.20. The summed E-state index contributed by atoms with van der Waals surface area (Å²) in [5.41, 5.74) is 2.59. The van der Waals surface area contributed by atoms with Crippen molar-refractivity contribution >= 4 is 29.0 Å². The van der Waals surface area contributed by atoms with Crippen LogP contribution < -0.4 is 20.1 Å². The fraction of sp³-hybridized carbons (Fsp3) is 0.238. The zero-order valence-corrected chi connectivity index (χ0v) is 16.8. The standard InChI is InChI=1S/C21H22N2O4S/c1-4-27-20(24)16-17(13-9-6-5-7-10-13)22-21(28)23-18(16)14-11-8-12-15(25-2)19(14)26-3/h5-12,18H,4H2,1-3H3,(H2,22,23,28). The van der Waals surface area contributed by atoms with Gasteiger partial charge in [0.25, 0.3) is 0 Å². The second-order valence-corrected chi connectivity index (χ2v) is 6.40. The largest absolute Gasteiger partial charge is 0.493 e. The lowest BCUT2D eigenvalue weighted by molar-refractivity contribution is -0.138. The minimum absolute atomic E-state index is 0.261. The number of carbonyl (C=O) groups excluding carboxylic acids is 1. The summed E-state index contributed by atoms with van der Waals surface area (Å²) in [5.74, 6) is 0.663. The predicted molar refractivity (Wildman–Crippen MR) is 111 cm³/mol. The van der Waals surface area contributed by atoms with Crippen LogP contribution in [0.25, 0.3) is 5.70 Å². The van der Waals surface area contributed by atoms with E-state index < -0.39 is 12.0 Å². The van der Waals surface area contributed by atoms with Crippen LogP contribution in [0, 0.1) is 0 Å². The van der Waals surface area contributed by atoms with E-state index in [1.165, 1.54) is 0 Å². The van der Waals surface area contributed by atoms with Crippen molar-refractivity contribution in [1.29, 1.82) is 0 Å². The smallest absolute Gasteiger partial charge is 0.338 e. The Hall–Kier alpha value is -3.06. The van der Waals surface area contributed by atoms with E-state index in [0.29, 0.717) is 27.9 Å². The summed E-state index contributed by atoms with van der Waals surface area (Å²) in [6.45, 7) is 2.03. The molecule has 0 amide bonds. The molecule has 2 aromatic carbocycles. The number of methoxy groups -OCH3 is 2. The van der Waals surface area contributed by atoms with Crippen LogP contribution in [0.4, 0.5) is 0 Å². The number of rotatable bonds is 6. The maximum atomic E-state index is 13.0.